The molecular formula is C19H30F3IN4O2S. The van der Waals surface area contributed by atoms with Crippen molar-refractivity contribution in [1.29, 1.82) is 0 Å². The third kappa shape index (κ3) is 10.8. The van der Waals surface area contributed by atoms with Crippen LogP contribution in [0.3, 0.4) is 0 Å². The lowest BCUT2D eigenvalue weighted by Crippen LogP contribution is -2.45. The lowest BCUT2D eigenvalue weighted by molar-refractivity contribution is -0.143. The molecule has 1 saturated heterocycles. The number of sulfone groups is 1. The van der Waals surface area contributed by atoms with Crippen LogP contribution in [-0.2, 0) is 15.6 Å². The third-order valence-electron chi connectivity index (χ3n) is 4.47. The van der Waals surface area contributed by atoms with Gasteiger partial charge in [0, 0.05) is 32.2 Å². The summed E-state index contributed by atoms with van der Waals surface area (Å²) in [4.78, 5) is 5.75. The van der Waals surface area contributed by atoms with Crippen molar-refractivity contribution in [3.05, 3.63) is 35.9 Å². The van der Waals surface area contributed by atoms with E-state index in [1.165, 1.54) is 4.90 Å². The molecule has 1 aromatic rings. The van der Waals surface area contributed by atoms with Crippen LogP contribution in [0.2, 0.25) is 0 Å². The summed E-state index contributed by atoms with van der Waals surface area (Å²) >= 11 is 0. The number of aliphatic imine (C=N–C) groups is 1. The van der Waals surface area contributed by atoms with Crippen molar-refractivity contribution in [1.82, 2.24) is 15.5 Å². The Morgan fingerprint density at radius 2 is 1.97 bits per heavy atom. The van der Waals surface area contributed by atoms with Crippen LogP contribution in [-0.4, -0.2) is 70.0 Å². The molecule has 1 unspecified atom stereocenters. The molecule has 172 valence electrons. The van der Waals surface area contributed by atoms with Crippen molar-refractivity contribution < 1.29 is 21.6 Å². The number of nitrogens with zero attached hydrogens (tertiary/aromatic N) is 2. The van der Waals surface area contributed by atoms with Crippen LogP contribution in [0.25, 0.3) is 0 Å². The van der Waals surface area contributed by atoms with Crippen LogP contribution in [0, 0.1) is 0 Å². The molecule has 0 aromatic heterocycles. The number of guanidine groups is 1. The fourth-order valence-corrected chi connectivity index (χ4v) is 4.65. The topological polar surface area (TPSA) is 73.8 Å². The highest BCUT2D eigenvalue weighted by Crippen LogP contribution is 2.19. The van der Waals surface area contributed by atoms with E-state index in [1.54, 1.807) is 12.1 Å². The van der Waals surface area contributed by atoms with Crippen molar-refractivity contribution in [3.63, 3.8) is 0 Å². The van der Waals surface area contributed by atoms with E-state index in [-0.39, 0.29) is 41.5 Å². The molecule has 0 spiro atoms. The number of benzene rings is 1. The Bertz CT molecular complexity index is 761. The molecule has 1 aliphatic rings. The lowest BCUT2D eigenvalue weighted by atomic mass is 10.2. The van der Waals surface area contributed by atoms with Gasteiger partial charge in [0.05, 0.1) is 18.1 Å². The second kappa shape index (κ2) is 12.7. The van der Waals surface area contributed by atoms with Crippen molar-refractivity contribution in [3.8, 4) is 0 Å². The monoisotopic (exact) mass is 562 g/mol. The number of alkyl halides is 3. The molecule has 30 heavy (non-hydrogen) atoms. The first-order chi connectivity index (χ1) is 13.7. The molecule has 0 saturated carbocycles. The molecule has 1 aromatic carbocycles. The fourth-order valence-electron chi connectivity index (χ4n) is 3.24. The summed E-state index contributed by atoms with van der Waals surface area (Å²) in [6.07, 6.45) is -3.21. The molecule has 6 nitrogen and oxygen atoms in total. The van der Waals surface area contributed by atoms with Crippen molar-refractivity contribution in [2.75, 3.05) is 38.5 Å². The quantitative estimate of drug-likeness (QED) is 0.210. The zero-order chi connectivity index (χ0) is 21.3. The van der Waals surface area contributed by atoms with Crippen molar-refractivity contribution in [2.45, 2.75) is 37.7 Å². The summed E-state index contributed by atoms with van der Waals surface area (Å²) in [7, 11) is -3.22. The van der Waals surface area contributed by atoms with Gasteiger partial charge in [-0.05, 0) is 25.3 Å². The van der Waals surface area contributed by atoms with E-state index in [2.05, 4.69) is 15.6 Å². The van der Waals surface area contributed by atoms with Gasteiger partial charge in [-0.1, -0.05) is 30.3 Å². The predicted octanol–water partition coefficient (Wildman–Crippen LogP) is 2.80. The highest BCUT2D eigenvalue weighted by Gasteiger charge is 2.34. The molecule has 0 aliphatic carbocycles. The molecule has 2 rings (SSSR count). The van der Waals surface area contributed by atoms with Gasteiger partial charge in [0.2, 0.25) is 0 Å². The van der Waals surface area contributed by atoms with Crippen LogP contribution in [0.5, 0.6) is 0 Å². The van der Waals surface area contributed by atoms with Gasteiger partial charge in [-0.2, -0.15) is 13.2 Å². The molecule has 1 atom stereocenters. The molecule has 1 aliphatic heterocycles. The average Bonchev–Trinajstić information content (AvgIpc) is 3.04. The van der Waals surface area contributed by atoms with Crippen molar-refractivity contribution in [2.24, 2.45) is 4.99 Å². The fraction of sp³-hybridized carbons (Fsp3) is 0.632. The van der Waals surface area contributed by atoms with Crippen LogP contribution >= 0.6 is 24.0 Å². The molecule has 11 heteroatoms. The van der Waals surface area contributed by atoms with E-state index < -0.39 is 22.6 Å². The van der Waals surface area contributed by atoms with Gasteiger partial charge in [0.1, 0.15) is 0 Å². The Hall–Kier alpha value is -1.08. The van der Waals surface area contributed by atoms with Crippen LogP contribution in [0.1, 0.15) is 25.3 Å². The number of likely N-dealkylation sites (tertiary alicyclic amines) is 1. The average molecular weight is 562 g/mol. The summed E-state index contributed by atoms with van der Waals surface area (Å²) in [5.74, 6) is 0.549. The Balaban J connectivity index is 0.00000450. The maximum absolute atomic E-state index is 12.5. The summed E-state index contributed by atoms with van der Waals surface area (Å²) in [5.41, 5.74) is 0.760. The first-order valence-electron chi connectivity index (χ1n) is 9.75. The molecular weight excluding hydrogens is 532 g/mol. The maximum atomic E-state index is 12.5. The third-order valence-corrected chi connectivity index (χ3v) is 6.16. The first-order valence-corrected chi connectivity index (χ1v) is 11.6. The molecule has 1 fully saturated rings. The largest absolute Gasteiger partial charge is 0.401 e. The zero-order valence-electron chi connectivity index (χ0n) is 17.0. The minimum Gasteiger partial charge on any atom is -0.357 e. The van der Waals surface area contributed by atoms with Crippen LogP contribution in [0.15, 0.2) is 35.3 Å². The maximum Gasteiger partial charge on any atom is 0.401 e. The Morgan fingerprint density at radius 3 is 2.60 bits per heavy atom. The summed E-state index contributed by atoms with van der Waals surface area (Å²) < 4.78 is 62.0. The zero-order valence-corrected chi connectivity index (χ0v) is 20.1. The number of rotatable bonds is 9. The Morgan fingerprint density at radius 1 is 1.27 bits per heavy atom. The van der Waals surface area contributed by atoms with Gasteiger partial charge in [-0.25, -0.2) is 8.42 Å². The number of nitrogens with one attached hydrogen (secondary N) is 2. The van der Waals surface area contributed by atoms with Gasteiger partial charge < -0.3 is 10.6 Å². The molecule has 2 N–H and O–H groups in total. The number of halogens is 4. The van der Waals surface area contributed by atoms with E-state index in [1.807, 2.05) is 25.1 Å². The van der Waals surface area contributed by atoms with E-state index in [0.717, 1.165) is 5.56 Å². The Labute approximate surface area is 193 Å². The summed E-state index contributed by atoms with van der Waals surface area (Å²) in [5, 5.41) is 6.21. The number of hydrogen-bond acceptors (Lipinski definition) is 4. The number of hydrogen-bond donors (Lipinski definition) is 2. The molecule has 0 bridgehead atoms. The first kappa shape index (κ1) is 27.0. The second-order valence-electron chi connectivity index (χ2n) is 7.17. The molecule has 0 amide bonds. The van der Waals surface area contributed by atoms with Gasteiger partial charge in [-0.3, -0.25) is 9.89 Å². The normalized spacial score (nSPS) is 18.1. The second-order valence-corrected chi connectivity index (χ2v) is 9.36. The highest BCUT2D eigenvalue weighted by atomic mass is 127. The van der Waals surface area contributed by atoms with Gasteiger partial charge in [0.25, 0.3) is 0 Å². The SMILES string of the molecule is CCNC(=NCCCS(=O)(=O)Cc1ccccc1)NC1CCN(CC(F)(F)F)C1.I. The molecule has 0 radical (unpaired) electrons. The van der Waals surface area contributed by atoms with Crippen LogP contribution < -0.4 is 10.6 Å². The van der Waals surface area contributed by atoms with Crippen molar-refractivity contribution >= 4 is 39.8 Å². The van der Waals surface area contributed by atoms with Gasteiger partial charge >= 0.3 is 6.18 Å². The van der Waals surface area contributed by atoms with Crippen LogP contribution in [0.4, 0.5) is 13.2 Å². The minimum atomic E-state index is -4.20. The summed E-state index contributed by atoms with van der Waals surface area (Å²) in [6.45, 7) is 2.60. The Kier molecular flexibility index (Phi) is 11.4. The van der Waals surface area contributed by atoms with E-state index in [4.69, 9.17) is 0 Å². The standard InChI is InChI=1S/C19H29F3N4O2S.HI/c1-2-23-18(25-17-9-11-26(13-17)15-19(20,21)22)24-10-6-12-29(27,28)14-16-7-4-3-5-8-16;/h3-5,7-8,17H,2,6,9-15H2,1H3,(H2,23,24,25);1H. The minimum absolute atomic E-state index is 0. The van der Waals surface area contributed by atoms with E-state index >= 15 is 0 Å². The summed E-state index contributed by atoms with van der Waals surface area (Å²) in [6, 6.07) is 8.91. The van der Waals surface area contributed by atoms with Gasteiger partial charge in [-0.15, -0.1) is 24.0 Å². The predicted molar refractivity (Wildman–Crippen MR) is 124 cm³/mol. The lowest BCUT2D eigenvalue weighted by Gasteiger charge is -2.19. The van der Waals surface area contributed by atoms with Gasteiger partial charge in [0.15, 0.2) is 15.8 Å². The smallest absolute Gasteiger partial charge is 0.357 e. The highest BCUT2D eigenvalue weighted by molar-refractivity contribution is 14.0. The van der Waals surface area contributed by atoms with E-state index in [0.29, 0.717) is 45.0 Å². The molecule has 1 heterocycles. The van der Waals surface area contributed by atoms with E-state index in [9.17, 15) is 21.6 Å².